The molecule has 0 saturated carbocycles. The van der Waals surface area contributed by atoms with Gasteiger partial charge in [-0.25, -0.2) is 4.79 Å². The van der Waals surface area contributed by atoms with E-state index in [0.717, 1.165) is 16.3 Å². The molecule has 0 heterocycles. The van der Waals surface area contributed by atoms with Crippen molar-refractivity contribution in [3.8, 4) is 0 Å². The third-order valence-electron chi connectivity index (χ3n) is 3.93. The van der Waals surface area contributed by atoms with Gasteiger partial charge in [0.25, 0.3) is 0 Å². The summed E-state index contributed by atoms with van der Waals surface area (Å²) in [6, 6.07) is 14.2. The topological polar surface area (TPSA) is 74.2 Å². The van der Waals surface area contributed by atoms with Gasteiger partial charge in [0, 0.05) is 7.11 Å². The van der Waals surface area contributed by atoms with Crippen LogP contribution in [0.5, 0.6) is 0 Å². The van der Waals surface area contributed by atoms with Crippen molar-refractivity contribution in [2.24, 2.45) is 0 Å². The maximum absolute atomic E-state index is 10.8. The van der Waals surface area contributed by atoms with Crippen LogP contribution in [0.3, 0.4) is 0 Å². The standard InChI is InChI=1S/C20H26O6/c1-20(26-13-19(21)22,14-24-11-10-23-2)15-25-12-17-8-5-7-16-6-3-4-9-18(16)17/h3-9H,10-15H2,1-2H3,(H,21,22)/t20-/m0/s1. The van der Waals surface area contributed by atoms with Crippen molar-refractivity contribution in [2.45, 2.75) is 19.1 Å². The van der Waals surface area contributed by atoms with Crippen LogP contribution in [0.2, 0.25) is 0 Å². The molecule has 0 aliphatic heterocycles. The Bertz CT molecular complexity index is 696. The fourth-order valence-corrected chi connectivity index (χ4v) is 2.59. The first-order valence-electron chi connectivity index (χ1n) is 8.51. The zero-order valence-corrected chi connectivity index (χ0v) is 15.3. The molecule has 0 aliphatic carbocycles. The van der Waals surface area contributed by atoms with Gasteiger partial charge in [0.1, 0.15) is 12.2 Å². The summed E-state index contributed by atoms with van der Waals surface area (Å²) in [5, 5.41) is 11.2. The number of carbonyl (C=O) groups is 1. The van der Waals surface area contributed by atoms with E-state index < -0.39 is 18.2 Å². The Morgan fingerprint density at radius 1 is 1.04 bits per heavy atom. The molecular formula is C20H26O6. The maximum Gasteiger partial charge on any atom is 0.329 e. The second-order valence-corrected chi connectivity index (χ2v) is 6.31. The number of hydrogen-bond acceptors (Lipinski definition) is 5. The van der Waals surface area contributed by atoms with Crippen molar-refractivity contribution in [1.29, 1.82) is 0 Å². The summed E-state index contributed by atoms with van der Waals surface area (Å²) in [5.41, 5.74) is 0.223. The number of aliphatic carboxylic acids is 1. The number of rotatable bonds is 12. The molecule has 0 radical (unpaired) electrons. The van der Waals surface area contributed by atoms with E-state index in [2.05, 4.69) is 18.2 Å². The van der Waals surface area contributed by atoms with Crippen LogP contribution in [0.4, 0.5) is 0 Å². The third-order valence-corrected chi connectivity index (χ3v) is 3.93. The lowest BCUT2D eigenvalue weighted by atomic mass is 10.1. The second-order valence-electron chi connectivity index (χ2n) is 6.31. The van der Waals surface area contributed by atoms with Gasteiger partial charge >= 0.3 is 5.97 Å². The molecule has 6 nitrogen and oxygen atoms in total. The zero-order valence-electron chi connectivity index (χ0n) is 15.3. The fraction of sp³-hybridized carbons (Fsp3) is 0.450. The lowest BCUT2D eigenvalue weighted by Gasteiger charge is -2.29. The largest absolute Gasteiger partial charge is 0.480 e. The van der Waals surface area contributed by atoms with Crippen molar-refractivity contribution in [3.05, 3.63) is 48.0 Å². The lowest BCUT2D eigenvalue weighted by molar-refractivity contribution is -0.162. The van der Waals surface area contributed by atoms with E-state index in [0.29, 0.717) is 19.8 Å². The molecule has 1 atom stereocenters. The number of ether oxygens (including phenoxy) is 4. The Kier molecular flexibility index (Phi) is 8.00. The van der Waals surface area contributed by atoms with Crippen LogP contribution in [-0.4, -0.2) is 56.8 Å². The van der Waals surface area contributed by atoms with Crippen LogP contribution in [-0.2, 0) is 30.3 Å². The van der Waals surface area contributed by atoms with E-state index in [1.165, 1.54) is 0 Å². The molecular weight excluding hydrogens is 336 g/mol. The van der Waals surface area contributed by atoms with E-state index in [4.69, 9.17) is 24.1 Å². The normalized spacial score (nSPS) is 13.6. The van der Waals surface area contributed by atoms with Crippen molar-refractivity contribution in [2.75, 3.05) is 40.1 Å². The molecule has 0 amide bonds. The molecule has 0 spiro atoms. The van der Waals surface area contributed by atoms with Crippen LogP contribution in [0, 0.1) is 0 Å². The minimum Gasteiger partial charge on any atom is -0.480 e. The molecule has 0 aliphatic rings. The van der Waals surface area contributed by atoms with Gasteiger partial charge < -0.3 is 24.1 Å². The van der Waals surface area contributed by atoms with Gasteiger partial charge in [-0.1, -0.05) is 42.5 Å². The minimum atomic E-state index is -1.03. The zero-order chi connectivity index (χ0) is 18.8. The van der Waals surface area contributed by atoms with Gasteiger partial charge in [-0.3, -0.25) is 0 Å². The maximum atomic E-state index is 10.8. The van der Waals surface area contributed by atoms with Crippen LogP contribution in [0.25, 0.3) is 10.8 Å². The van der Waals surface area contributed by atoms with E-state index in [9.17, 15) is 4.79 Å². The van der Waals surface area contributed by atoms with Crippen molar-refractivity contribution in [1.82, 2.24) is 0 Å². The first-order valence-corrected chi connectivity index (χ1v) is 8.51. The highest BCUT2D eigenvalue weighted by molar-refractivity contribution is 5.85. The van der Waals surface area contributed by atoms with E-state index in [-0.39, 0.29) is 13.2 Å². The van der Waals surface area contributed by atoms with E-state index in [1.54, 1.807) is 14.0 Å². The van der Waals surface area contributed by atoms with Gasteiger partial charge in [0.15, 0.2) is 0 Å². The quantitative estimate of drug-likeness (QED) is 0.585. The van der Waals surface area contributed by atoms with E-state index in [1.807, 2.05) is 24.3 Å². The molecule has 2 rings (SSSR count). The Labute approximate surface area is 153 Å². The van der Waals surface area contributed by atoms with Crippen molar-refractivity contribution < 1.29 is 28.8 Å². The highest BCUT2D eigenvalue weighted by atomic mass is 16.6. The fourth-order valence-electron chi connectivity index (χ4n) is 2.59. The number of carboxylic acid groups (broad SMARTS) is 1. The third kappa shape index (κ3) is 6.38. The Morgan fingerprint density at radius 3 is 2.54 bits per heavy atom. The Hall–Kier alpha value is -1.99. The lowest BCUT2D eigenvalue weighted by Crippen LogP contribution is -2.41. The van der Waals surface area contributed by atoms with Gasteiger partial charge in [0.05, 0.1) is 33.0 Å². The molecule has 26 heavy (non-hydrogen) atoms. The first-order chi connectivity index (χ1) is 12.5. The Morgan fingerprint density at radius 2 is 1.77 bits per heavy atom. The predicted octanol–water partition coefficient (Wildman–Crippen LogP) is 2.88. The van der Waals surface area contributed by atoms with Crippen molar-refractivity contribution >= 4 is 16.7 Å². The average molecular weight is 362 g/mol. The molecule has 0 bridgehead atoms. The predicted molar refractivity (Wildman–Crippen MR) is 98.3 cm³/mol. The molecule has 2 aromatic rings. The van der Waals surface area contributed by atoms with Gasteiger partial charge in [-0.2, -0.15) is 0 Å². The summed E-state index contributed by atoms with van der Waals surface area (Å²) in [4.78, 5) is 10.8. The Balaban J connectivity index is 1.95. The number of carboxylic acids is 1. The first kappa shape index (κ1) is 20.3. The molecule has 142 valence electrons. The summed E-state index contributed by atoms with van der Waals surface area (Å²) >= 11 is 0. The molecule has 6 heteroatoms. The summed E-state index contributed by atoms with van der Waals surface area (Å²) in [5.74, 6) is -1.03. The molecule has 0 aromatic heterocycles. The number of hydrogen-bond donors (Lipinski definition) is 1. The van der Waals surface area contributed by atoms with Gasteiger partial charge in [-0.15, -0.1) is 0 Å². The smallest absolute Gasteiger partial charge is 0.329 e. The number of fused-ring (bicyclic) bond motifs is 1. The van der Waals surface area contributed by atoms with Crippen LogP contribution in [0.15, 0.2) is 42.5 Å². The monoisotopic (exact) mass is 362 g/mol. The molecule has 2 aromatic carbocycles. The van der Waals surface area contributed by atoms with Crippen LogP contribution < -0.4 is 0 Å². The highest BCUT2D eigenvalue weighted by Gasteiger charge is 2.27. The van der Waals surface area contributed by atoms with Crippen LogP contribution in [0.1, 0.15) is 12.5 Å². The van der Waals surface area contributed by atoms with Crippen molar-refractivity contribution in [3.63, 3.8) is 0 Å². The summed E-state index contributed by atoms with van der Waals surface area (Å²) in [6.07, 6.45) is 0. The van der Waals surface area contributed by atoms with Gasteiger partial charge in [-0.05, 0) is 23.3 Å². The summed E-state index contributed by atoms with van der Waals surface area (Å²) < 4.78 is 21.8. The summed E-state index contributed by atoms with van der Waals surface area (Å²) in [6.45, 7) is 3.10. The molecule has 0 saturated heterocycles. The second kappa shape index (κ2) is 10.2. The molecule has 1 N–H and O–H groups in total. The SMILES string of the molecule is COCCOC[C@@](C)(COCc1cccc2ccccc12)OCC(=O)O. The van der Waals surface area contributed by atoms with E-state index >= 15 is 0 Å². The average Bonchev–Trinajstić information content (AvgIpc) is 2.64. The highest BCUT2D eigenvalue weighted by Crippen LogP contribution is 2.20. The minimum absolute atomic E-state index is 0.219. The molecule has 0 unspecified atom stereocenters. The number of methoxy groups -OCH3 is 1. The van der Waals surface area contributed by atoms with Crippen LogP contribution >= 0.6 is 0 Å². The van der Waals surface area contributed by atoms with Gasteiger partial charge in [0.2, 0.25) is 0 Å². The number of benzene rings is 2. The molecule has 0 fully saturated rings. The summed E-state index contributed by atoms with van der Waals surface area (Å²) in [7, 11) is 1.59.